The summed E-state index contributed by atoms with van der Waals surface area (Å²) in [7, 11) is -7.77. The van der Waals surface area contributed by atoms with Crippen LogP contribution in [0.5, 0.6) is 0 Å². The van der Waals surface area contributed by atoms with Crippen LogP contribution in [0.2, 0.25) is 0 Å². The van der Waals surface area contributed by atoms with Crippen LogP contribution >= 0.6 is 0 Å². The maximum Gasteiger partial charge on any atom is 0.284 e. The molecule has 1 saturated heterocycles. The number of amides is 1. The van der Waals surface area contributed by atoms with Gasteiger partial charge >= 0.3 is 0 Å². The molecule has 0 aliphatic carbocycles. The number of ether oxygens (including phenoxy) is 1. The Morgan fingerprint density at radius 1 is 1.24 bits per heavy atom. The Morgan fingerprint density at radius 2 is 1.91 bits per heavy atom. The molecule has 34 heavy (non-hydrogen) atoms. The zero-order valence-corrected chi connectivity index (χ0v) is 20.0. The molecule has 0 spiro atoms. The van der Waals surface area contributed by atoms with Crippen LogP contribution in [0.3, 0.4) is 0 Å². The zero-order valence-electron chi connectivity index (χ0n) is 18.4. The van der Waals surface area contributed by atoms with Crippen molar-refractivity contribution in [2.75, 3.05) is 13.1 Å². The van der Waals surface area contributed by atoms with E-state index in [-0.39, 0.29) is 18.4 Å². The van der Waals surface area contributed by atoms with Gasteiger partial charge in [0.25, 0.3) is 15.9 Å². The third-order valence-corrected chi connectivity index (χ3v) is 7.92. The van der Waals surface area contributed by atoms with Gasteiger partial charge in [0.05, 0.1) is 12.7 Å². The number of hydrogen-bond donors (Lipinski definition) is 2. The van der Waals surface area contributed by atoms with E-state index in [1.165, 1.54) is 22.5 Å². The van der Waals surface area contributed by atoms with Gasteiger partial charge in [-0.1, -0.05) is 18.7 Å². The van der Waals surface area contributed by atoms with Crippen LogP contribution in [0.4, 0.5) is 4.39 Å². The molecule has 1 aromatic heterocycles. The second kappa shape index (κ2) is 10.7. The smallest absolute Gasteiger partial charge is 0.284 e. The van der Waals surface area contributed by atoms with Crippen molar-refractivity contribution in [1.29, 1.82) is 0 Å². The number of pyridine rings is 1. The lowest BCUT2D eigenvalue weighted by Crippen LogP contribution is -2.42. The van der Waals surface area contributed by atoms with E-state index >= 15 is 0 Å². The van der Waals surface area contributed by atoms with E-state index in [1.54, 1.807) is 13.0 Å². The molecule has 1 aromatic carbocycles. The predicted octanol–water partition coefficient (Wildman–Crippen LogP) is 1.61. The molecule has 184 valence electrons. The van der Waals surface area contributed by atoms with Gasteiger partial charge in [0, 0.05) is 24.2 Å². The van der Waals surface area contributed by atoms with Gasteiger partial charge in [0.1, 0.15) is 16.4 Å². The van der Waals surface area contributed by atoms with Crippen LogP contribution in [0.1, 0.15) is 34.6 Å². The number of halogens is 1. The Labute approximate surface area is 197 Å². The molecule has 1 amide bonds. The number of sulfonamides is 2. The molecule has 0 bridgehead atoms. The zero-order chi connectivity index (χ0) is 24.9. The van der Waals surface area contributed by atoms with E-state index in [9.17, 15) is 26.0 Å². The average Bonchev–Trinajstić information content (AvgIpc) is 2.81. The van der Waals surface area contributed by atoms with E-state index in [2.05, 4.69) is 11.6 Å². The molecular weight excluding hydrogens is 487 g/mol. The highest BCUT2D eigenvalue weighted by Crippen LogP contribution is 2.19. The van der Waals surface area contributed by atoms with Crippen molar-refractivity contribution in [3.05, 3.63) is 71.2 Å². The summed E-state index contributed by atoms with van der Waals surface area (Å²) in [6.07, 6.45) is 0.875. The average molecular weight is 513 g/mol. The van der Waals surface area contributed by atoms with Crippen LogP contribution in [0, 0.1) is 12.7 Å². The number of nitrogens with one attached hydrogen (secondary N) is 2. The Kier molecular flexibility index (Phi) is 8.15. The quantitative estimate of drug-likeness (QED) is 0.488. The van der Waals surface area contributed by atoms with Gasteiger partial charge in [0.2, 0.25) is 10.0 Å². The monoisotopic (exact) mass is 512 g/mol. The highest BCUT2D eigenvalue weighted by molar-refractivity contribution is 7.92. The molecule has 1 aliphatic rings. The number of rotatable bonds is 9. The Morgan fingerprint density at radius 3 is 2.56 bits per heavy atom. The summed E-state index contributed by atoms with van der Waals surface area (Å²) in [6, 6.07) is 7.94. The minimum Gasteiger partial charge on any atom is -0.373 e. The molecule has 0 unspecified atom stereocenters. The number of aryl methyl sites for hydroxylation is 1. The second-order valence-corrected chi connectivity index (χ2v) is 11.1. The molecular formula is C21H25FN4O6S2. The first kappa shape index (κ1) is 25.9. The van der Waals surface area contributed by atoms with E-state index in [1.807, 2.05) is 10.3 Å². The fourth-order valence-corrected chi connectivity index (χ4v) is 5.26. The Hall–Kier alpha value is -2.71. The van der Waals surface area contributed by atoms with Crippen LogP contribution < -0.4 is 10.3 Å². The van der Waals surface area contributed by atoms with Gasteiger partial charge in [0.15, 0.2) is 0 Å². The lowest BCUT2D eigenvalue weighted by Gasteiger charge is -2.30. The van der Waals surface area contributed by atoms with Crippen molar-refractivity contribution in [3.63, 3.8) is 0 Å². The fraction of sp³-hybridized carbons (Fsp3) is 0.333. The first-order chi connectivity index (χ1) is 16.0. The van der Waals surface area contributed by atoms with Crippen molar-refractivity contribution in [1.82, 2.24) is 19.5 Å². The van der Waals surface area contributed by atoms with Crippen molar-refractivity contribution in [2.24, 2.45) is 0 Å². The minimum atomic E-state index is -4.32. The number of nitrogens with zero attached hydrogens (tertiary/aromatic N) is 2. The Balaban J connectivity index is 1.59. The lowest BCUT2D eigenvalue weighted by molar-refractivity contribution is 0.0103. The van der Waals surface area contributed by atoms with Crippen LogP contribution in [0.25, 0.3) is 0 Å². The minimum absolute atomic E-state index is 0.0540. The topological polar surface area (TPSA) is 135 Å². The summed E-state index contributed by atoms with van der Waals surface area (Å²) >= 11 is 0. The van der Waals surface area contributed by atoms with Crippen molar-refractivity contribution >= 4 is 26.0 Å². The molecule has 2 aromatic rings. The molecule has 2 N–H and O–H groups in total. The molecule has 3 rings (SSSR count). The molecule has 1 fully saturated rings. The summed E-state index contributed by atoms with van der Waals surface area (Å²) < 4.78 is 69.2. The molecule has 0 atom stereocenters. The fourth-order valence-electron chi connectivity index (χ4n) is 3.41. The first-order valence-electron chi connectivity index (χ1n) is 10.3. The van der Waals surface area contributed by atoms with E-state index in [0.717, 1.165) is 17.5 Å². The van der Waals surface area contributed by atoms with Gasteiger partial charge in [-0.25, -0.2) is 26.2 Å². The maximum absolute atomic E-state index is 13.8. The van der Waals surface area contributed by atoms with Crippen LogP contribution in [-0.2, 0) is 31.4 Å². The number of carbonyl (C=O) groups excluding carboxylic acids is 1. The maximum atomic E-state index is 13.8. The van der Waals surface area contributed by atoms with Crippen molar-refractivity contribution in [2.45, 2.75) is 37.4 Å². The van der Waals surface area contributed by atoms with E-state index in [0.29, 0.717) is 37.2 Å². The predicted molar refractivity (Wildman–Crippen MR) is 122 cm³/mol. The summed E-state index contributed by atoms with van der Waals surface area (Å²) in [6.45, 7) is 5.80. The van der Waals surface area contributed by atoms with Crippen LogP contribution in [-0.4, -0.2) is 51.2 Å². The highest BCUT2D eigenvalue weighted by Gasteiger charge is 2.26. The highest BCUT2D eigenvalue weighted by atomic mass is 32.2. The third-order valence-electron chi connectivity index (χ3n) is 5.13. The normalized spacial score (nSPS) is 15.7. The standard InChI is InChI=1S/C21H25FN4O6S2/c1-3-33(28,29)26-10-8-17(9-11-26)32-14-16-12-15(2)23-19(13-16)21(27)24-25-34(30,31)20-7-5-4-6-18(20)22/h3-7,12-13,17,25H,1,8-11,14H2,2H3,(H,24,27). The number of carbonyl (C=O) groups is 1. The van der Waals surface area contributed by atoms with Gasteiger partial charge < -0.3 is 4.74 Å². The largest absolute Gasteiger partial charge is 0.373 e. The first-order valence-corrected chi connectivity index (χ1v) is 13.3. The van der Waals surface area contributed by atoms with Gasteiger partial charge in [-0.3, -0.25) is 10.2 Å². The van der Waals surface area contributed by atoms with Crippen LogP contribution in [0.15, 0.2) is 53.3 Å². The summed E-state index contributed by atoms with van der Waals surface area (Å²) in [5, 5.41) is 0.928. The number of hydrazine groups is 1. The number of benzene rings is 1. The molecule has 1 aliphatic heterocycles. The van der Waals surface area contributed by atoms with Crippen molar-refractivity contribution in [3.8, 4) is 0 Å². The molecule has 0 radical (unpaired) electrons. The Bertz CT molecular complexity index is 1280. The van der Waals surface area contributed by atoms with Gasteiger partial charge in [-0.15, -0.1) is 4.83 Å². The summed E-state index contributed by atoms with van der Waals surface area (Å²) in [5.74, 6) is -1.78. The van der Waals surface area contributed by atoms with Gasteiger partial charge in [-0.05, 0) is 49.6 Å². The van der Waals surface area contributed by atoms with Crippen molar-refractivity contribution < 1.29 is 30.8 Å². The molecule has 10 nitrogen and oxygen atoms in total. The molecule has 0 saturated carbocycles. The van der Waals surface area contributed by atoms with E-state index < -0.39 is 36.7 Å². The van der Waals surface area contributed by atoms with E-state index in [4.69, 9.17) is 4.74 Å². The molecule has 13 heteroatoms. The number of hydrogen-bond acceptors (Lipinski definition) is 7. The van der Waals surface area contributed by atoms with Gasteiger partial charge in [-0.2, -0.15) is 4.31 Å². The summed E-state index contributed by atoms with van der Waals surface area (Å²) in [5.41, 5.74) is 3.12. The number of aromatic nitrogens is 1. The lowest BCUT2D eigenvalue weighted by atomic mass is 10.1. The molecule has 2 heterocycles. The summed E-state index contributed by atoms with van der Waals surface area (Å²) in [4.78, 5) is 17.8. The number of piperidine rings is 1. The third kappa shape index (κ3) is 6.45. The second-order valence-electron chi connectivity index (χ2n) is 7.61. The SMILES string of the molecule is C=CS(=O)(=O)N1CCC(OCc2cc(C)nc(C(=O)NNS(=O)(=O)c3ccccc3F)c2)CC1.